The molecule has 0 amide bonds. The molecule has 1 aromatic heterocycles. The molecule has 0 spiro atoms. The molecule has 0 radical (unpaired) electrons. The average molecular weight is 400 g/mol. The highest BCUT2D eigenvalue weighted by Gasteiger charge is 2.13. The van der Waals surface area contributed by atoms with Crippen LogP contribution >= 0.6 is 12.4 Å². The van der Waals surface area contributed by atoms with Crippen LogP contribution in [0.1, 0.15) is 18.4 Å². The van der Waals surface area contributed by atoms with Crippen molar-refractivity contribution in [2.45, 2.75) is 18.9 Å². The number of ether oxygens (including phenoxy) is 3. The molecule has 0 unspecified atom stereocenters. The van der Waals surface area contributed by atoms with Crippen LogP contribution in [0.4, 0.5) is 0 Å². The lowest BCUT2D eigenvalue weighted by atomic mass is 10.2. The Bertz CT molecular complexity index is 944. The van der Waals surface area contributed by atoms with E-state index >= 15 is 0 Å². The third-order valence-electron chi connectivity index (χ3n) is 4.67. The number of hydrogen-bond acceptors (Lipinski definition) is 5. The minimum atomic E-state index is 0. The molecular formula is C21H22ClN3O3. The predicted octanol–water partition coefficient (Wildman–Crippen LogP) is 3.89. The minimum Gasteiger partial charge on any atom is -0.491 e. The maximum Gasteiger partial charge on any atom is 0.119 e. The molecular weight excluding hydrogens is 378 g/mol. The molecule has 1 aliphatic rings. The number of imidazole rings is 1. The van der Waals surface area contributed by atoms with Gasteiger partial charge in [0.2, 0.25) is 0 Å². The van der Waals surface area contributed by atoms with E-state index in [2.05, 4.69) is 11.1 Å². The molecule has 1 fully saturated rings. The number of rotatable bonds is 6. The summed E-state index contributed by atoms with van der Waals surface area (Å²) < 4.78 is 18.9. The molecule has 0 saturated carbocycles. The van der Waals surface area contributed by atoms with Crippen LogP contribution in [-0.2, 0) is 9.47 Å². The number of nitrogens with zero attached hydrogens (tertiary/aromatic N) is 3. The third-order valence-corrected chi connectivity index (χ3v) is 4.67. The number of fused-ring (bicyclic) bond motifs is 1. The zero-order valence-corrected chi connectivity index (χ0v) is 16.2. The molecule has 146 valence electrons. The number of nitriles is 1. The van der Waals surface area contributed by atoms with Gasteiger partial charge in [-0.25, -0.2) is 4.98 Å². The lowest BCUT2D eigenvalue weighted by molar-refractivity contribution is -0.0388. The van der Waals surface area contributed by atoms with E-state index in [0.717, 1.165) is 48.5 Å². The standard InChI is InChI=1S/C21H21N3O3.ClH/c22-14-16-1-6-20-21(13-16)24(15-23-20)17-2-4-18(5-3-17)26-11-12-27-19-7-9-25-10-8-19;/h1-6,13,15,19H,7-12H2;1H. The predicted molar refractivity (Wildman–Crippen MR) is 108 cm³/mol. The molecule has 1 aliphatic heterocycles. The van der Waals surface area contributed by atoms with Gasteiger partial charge in [-0.05, 0) is 55.3 Å². The number of hydrogen-bond donors (Lipinski definition) is 0. The van der Waals surface area contributed by atoms with Gasteiger partial charge < -0.3 is 14.2 Å². The highest BCUT2D eigenvalue weighted by Crippen LogP contribution is 2.21. The zero-order chi connectivity index (χ0) is 18.5. The third kappa shape index (κ3) is 4.63. The van der Waals surface area contributed by atoms with Crippen molar-refractivity contribution in [2.75, 3.05) is 26.4 Å². The van der Waals surface area contributed by atoms with Gasteiger partial charge in [0.15, 0.2) is 0 Å². The summed E-state index contributed by atoms with van der Waals surface area (Å²) in [6.07, 6.45) is 3.98. The Morgan fingerprint density at radius 2 is 1.89 bits per heavy atom. The van der Waals surface area contributed by atoms with Gasteiger partial charge >= 0.3 is 0 Å². The van der Waals surface area contributed by atoms with Crippen LogP contribution in [0.3, 0.4) is 0 Å². The van der Waals surface area contributed by atoms with Crippen molar-refractivity contribution < 1.29 is 14.2 Å². The molecule has 1 saturated heterocycles. The molecule has 0 atom stereocenters. The van der Waals surface area contributed by atoms with Crippen LogP contribution in [0, 0.1) is 11.3 Å². The van der Waals surface area contributed by atoms with Crippen LogP contribution in [0.5, 0.6) is 5.75 Å². The summed E-state index contributed by atoms with van der Waals surface area (Å²) in [4.78, 5) is 4.39. The summed E-state index contributed by atoms with van der Waals surface area (Å²) in [5.41, 5.74) is 3.36. The summed E-state index contributed by atoms with van der Waals surface area (Å²) in [7, 11) is 0. The average Bonchev–Trinajstić information content (AvgIpc) is 3.15. The molecule has 4 rings (SSSR count). The van der Waals surface area contributed by atoms with E-state index in [-0.39, 0.29) is 18.5 Å². The van der Waals surface area contributed by atoms with Crippen molar-refractivity contribution in [3.63, 3.8) is 0 Å². The van der Waals surface area contributed by atoms with Gasteiger partial charge in [-0.15, -0.1) is 12.4 Å². The van der Waals surface area contributed by atoms with E-state index in [4.69, 9.17) is 19.5 Å². The van der Waals surface area contributed by atoms with Crippen molar-refractivity contribution in [1.29, 1.82) is 5.26 Å². The zero-order valence-electron chi connectivity index (χ0n) is 15.4. The molecule has 0 N–H and O–H groups in total. The fourth-order valence-corrected chi connectivity index (χ4v) is 3.20. The first-order valence-electron chi connectivity index (χ1n) is 9.13. The Kier molecular flexibility index (Phi) is 6.88. The summed E-state index contributed by atoms with van der Waals surface area (Å²) >= 11 is 0. The van der Waals surface area contributed by atoms with Crippen molar-refractivity contribution in [3.05, 3.63) is 54.4 Å². The van der Waals surface area contributed by atoms with Crippen LogP contribution in [0.2, 0.25) is 0 Å². The highest BCUT2D eigenvalue weighted by molar-refractivity contribution is 5.85. The van der Waals surface area contributed by atoms with Crippen molar-refractivity contribution >= 4 is 23.4 Å². The van der Waals surface area contributed by atoms with Gasteiger partial charge in [-0.3, -0.25) is 4.57 Å². The van der Waals surface area contributed by atoms with E-state index in [0.29, 0.717) is 18.8 Å². The first kappa shape index (κ1) is 20.2. The lowest BCUT2D eigenvalue weighted by Gasteiger charge is -2.22. The first-order valence-corrected chi connectivity index (χ1v) is 9.13. The number of aromatic nitrogens is 2. The molecule has 0 aliphatic carbocycles. The second kappa shape index (κ2) is 9.56. The Balaban J connectivity index is 0.00000225. The van der Waals surface area contributed by atoms with Crippen molar-refractivity contribution in [2.24, 2.45) is 0 Å². The lowest BCUT2D eigenvalue weighted by Crippen LogP contribution is -2.25. The highest BCUT2D eigenvalue weighted by atomic mass is 35.5. The van der Waals surface area contributed by atoms with Crippen LogP contribution in [0.15, 0.2) is 48.8 Å². The van der Waals surface area contributed by atoms with Gasteiger partial charge in [-0.2, -0.15) is 5.26 Å². The normalized spacial score (nSPS) is 14.4. The molecule has 2 aromatic carbocycles. The summed E-state index contributed by atoms with van der Waals surface area (Å²) in [5, 5.41) is 9.11. The molecule has 2 heterocycles. The molecule has 3 aromatic rings. The van der Waals surface area contributed by atoms with Gasteiger partial charge in [0.05, 0.1) is 35.4 Å². The second-order valence-electron chi connectivity index (χ2n) is 6.45. The first-order chi connectivity index (χ1) is 13.3. The molecule has 0 bridgehead atoms. The van der Waals surface area contributed by atoms with Crippen LogP contribution in [-0.4, -0.2) is 42.1 Å². The van der Waals surface area contributed by atoms with E-state index in [9.17, 15) is 0 Å². The van der Waals surface area contributed by atoms with Gasteiger partial charge in [0, 0.05) is 18.9 Å². The number of benzene rings is 2. The summed E-state index contributed by atoms with van der Waals surface area (Å²) in [6, 6.07) is 15.5. The monoisotopic (exact) mass is 399 g/mol. The molecule has 6 nitrogen and oxygen atoms in total. The largest absolute Gasteiger partial charge is 0.491 e. The van der Waals surface area contributed by atoms with E-state index in [1.165, 1.54) is 0 Å². The Labute approximate surface area is 170 Å². The number of halogens is 1. The fraction of sp³-hybridized carbons (Fsp3) is 0.333. The van der Waals surface area contributed by atoms with Crippen molar-refractivity contribution in [1.82, 2.24) is 9.55 Å². The minimum absolute atomic E-state index is 0. The van der Waals surface area contributed by atoms with Gasteiger partial charge in [-0.1, -0.05) is 0 Å². The summed E-state index contributed by atoms with van der Waals surface area (Å²) in [5.74, 6) is 0.802. The topological polar surface area (TPSA) is 69.3 Å². The fourth-order valence-electron chi connectivity index (χ4n) is 3.20. The Hall–Kier alpha value is -2.59. The Morgan fingerprint density at radius 1 is 1.11 bits per heavy atom. The van der Waals surface area contributed by atoms with E-state index < -0.39 is 0 Å². The molecule has 28 heavy (non-hydrogen) atoms. The quantitative estimate of drug-likeness (QED) is 0.588. The summed E-state index contributed by atoms with van der Waals surface area (Å²) in [6.45, 7) is 2.67. The second-order valence-corrected chi connectivity index (χ2v) is 6.45. The van der Waals surface area contributed by atoms with E-state index in [1.54, 1.807) is 12.4 Å². The molecule has 7 heteroatoms. The van der Waals surface area contributed by atoms with Gasteiger partial charge in [0.1, 0.15) is 18.7 Å². The Morgan fingerprint density at radius 3 is 2.64 bits per heavy atom. The van der Waals surface area contributed by atoms with Crippen LogP contribution < -0.4 is 4.74 Å². The van der Waals surface area contributed by atoms with E-state index in [1.807, 2.05) is 41.0 Å². The van der Waals surface area contributed by atoms with Crippen LogP contribution in [0.25, 0.3) is 16.7 Å². The SMILES string of the molecule is Cl.N#Cc1ccc2ncn(-c3ccc(OCCOC4CCOCC4)cc3)c2c1. The van der Waals surface area contributed by atoms with Gasteiger partial charge in [0.25, 0.3) is 0 Å². The maximum atomic E-state index is 9.11. The smallest absolute Gasteiger partial charge is 0.119 e. The maximum absolute atomic E-state index is 9.11. The van der Waals surface area contributed by atoms with Crippen molar-refractivity contribution in [3.8, 4) is 17.5 Å².